The SMILES string of the molecule is CC/C=C\C/C=C\C/C=C\C/C=C\CCCCCCCCCCCCCCC(=O)NC(COC1OC(CO)C(OC2OC(CO)C(OC3OC(CO)C(O)C(O)C3O)C(O)C2O)C(O)C1O)C(O)/C=C/CC/C=C/CCCCCCCCCCCCCCCCCCCCCC. The minimum atomic E-state index is -1.98. The van der Waals surface area contributed by atoms with Crippen molar-refractivity contribution in [2.24, 2.45) is 0 Å². The Morgan fingerprint density at radius 1 is 0.385 bits per heavy atom. The number of rotatable bonds is 59. The monoisotopic (exact) mass is 1360 g/mol. The summed E-state index contributed by atoms with van der Waals surface area (Å²) in [6, 6.07) is -0.996. The van der Waals surface area contributed by atoms with Gasteiger partial charge in [0.15, 0.2) is 18.9 Å². The first-order chi connectivity index (χ1) is 46.8. The molecule has 0 aromatic heterocycles. The van der Waals surface area contributed by atoms with Gasteiger partial charge in [-0.3, -0.25) is 4.79 Å². The molecule has 3 aliphatic heterocycles. The molecule has 3 saturated heterocycles. The Hall–Kier alpha value is -2.77. The summed E-state index contributed by atoms with van der Waals surface area (Å²) in [5, 5.41) is 121. The average Bonchev–Trinajstić information content (AvgIpc) is 0.788. The highest BCUT2D eigenvalue weighted by molar-refractivity contribution is 5.76. The zero-order chi connectivity index (χ0) is 69.6. The number of nitrogens with one attached hydrogen (secondary N) is 1. The van der Waals surface area contributed by atoms with Crippen LogP contribution in [0.5, 0.6) is 0 Å². The predicted octanol–water partition coefficient (Wildman–Crippen LogP) is 11.7. The van der Waals surface area contributed by atoms with Crippen molar-refractivity contribution in [1.29, 1.82) is 0 Å². The molecule has 3 fully saturated rings. The summed E-state index contributed by atoms with van der Waals surface area (Å²) in [6.45, 7) is 1.63. The molecule has 3 rings (SSSR count). The van der Waals surface area contributed by atoms with Gasteiger partial charge >= 0.3 is 0 Å². The van der Waals surface area contributed by atoms with Gasteiger partial charge in [0, 0.05) is 6.42 Å². The summed E-state index contributed by atoms with van der Waals surface area (Å²) in [5.41, 5.74) is 0. The lowest BCUT2D eigenvalue weighted by Gasteiger charge is -2.48. The van der Waals surface area contributed by atoms with Crippen LogP contribution in [-0.4, -0.2) is 193 Å². The molecule has 17 unspecified atom stereocenters. The molecule has 96 heavy (non-hydrogen) atoms. The third-order valence-electron chi connectivity index (χ3n) is 18.7. The highest BCUT2D eigenvalue weighted by atomic mass is 16.8. The van der Waals surface area contributed by atoms with Crippen LogP contribution in [0.1, 0.15) is 277 Å². The van der Waals surface area contributed by atoms with Crippen LogP contribution in [0.15, 0.2) is 72.9 Å². The summed E-state index contributed by atoms with van der Waals surface area (Å²) < 4.78 is 34.4. The number of aliphatic hydroxyl groups is 11. The standard InChI is InChI=1S/C77H137NO18/c1-3-5-7-9-11-13-15-17-19-21-23-25-27-29-31-32-34-36-38-40-42-44-46-48-50-52-54-61(82)60(78-65(83)55-53-51-49-47-45-43-41-39-37-35-33-30-28-26-24-22-20-18-16-14-12-10-8-6-4-2)59-91-75-71(89)68(86)73(63(57-80)93-75)96-77-72(90)69(87)74(64(58-81)94-77)95-76-70(88)67(85)66(84)62(56-79)92-76/h6,8,12,14,18,20,24,26,44,46,52,54,60-64,66-77,79-82,84-90H,3-5,7,9-11,13,15-17,19,21-23,25,27-43,45,47-51,53,55-59H2,1-2H3,(H,78,83)/b8-6-,14-12-,20-18-,26-24-,46-44+,54-52+. The Bertz CT molecular complexity index is 2020. The fraction of sp³-hybridized carbons (Fsp3) is 0.831. The number of ether oxygens (including phenoxy) is 6. The van der Waals surface area contributed by atoms with Gasteiger partial charge in [-0.05, 0) is 70.6 Å². The second-order valence-electron chi connectivity index (χ2n) is 27.1. The summed E-state index contributed by atoms with van der Waals surface area (Å²) in [4.78, 5) is 13.4. The fourth-order valence-electron chi connectivity index (χ4n) is 12.6. The average molecular weight is 1360 g/mol. The lowest BCUT2D eigenvalue weighted by Crippen LogP contribution is -2.66. The number of aliphatic hydroxyl groups excluding tert-OH is 11. The molecular weight excluding hydrogens is 1230 g/mol. The zero-order valence-corrected chi connectivity index (χ0v) is 59.3. The zero-order valence-electron chi connectivity index (χ0n) is 59.3. The smallest absolute Gasteiger partial charge is 0.220 e. The van der Waals surface area contributed by atoms with Gasteiger partial charge < -0.3 is 89.9 Å². The summed E-state index contributed by atoms with van der Waals surface area (Å²) in [6.07, 6.45) is 47.4. The van der Waals surface area contributed by atoms with Crippen molar-refractivity contribution in [1.82, 2.24) is 5.32 Å². The lowest BCUT2D eigenvalue weighted by molar-refractivity contribution is -0.379. The molecule has 0 saturated carbocycles. The summed E-state index contributed by atoms with van der Waals surface area (Å²) in [5.74, 6) is -0.287. The van der Waals surface area contributed by atoms with Crippen molar-refractivity contribution >= 4 is 5.91 Å². The molecule has 12 N–H and O–H groups in total. The topological polar surface area (TPSA) is 307 Å². The van der Waals surface area contributed by atoms with E-state index in [2.05, 4.69) is 79.9 Å². The fourth-order valence-corrected chi connectivity index (χ4v) is 12.6. The normalized spacial score (nSPS) is 27.4. The van der Waals surface area contributed by atoms with Crippen LogP contribution in [0.3, 0.4) is 0 Å². The van der Waals surface area contributed by atoms with E-state index in [0.717, 1.165) is 77.0 Å². The van der Waals surface area contributed by atoms with Crippen molar-refractivity contribution < 1.29 is 89.4 Å². The van der Waals surface area contributed by atoms with Crippen molar-refractivity contribution in [2.45, 2.75) is 381 Å². The molecule has 3 heterocycles. The Morgan fingerprint density at radius 2 is 0.729 bits per heavy atom. The third-order valence-corrected chi connectivity index (χ3v) is 18.7. The molecule has 3 aliphatic rings. The van der Waals surface area contributed by atoms with Crippen LogP contribution in [-0.2, 0) is 33.2 Å². The first-order valence-corrected chi connectivity index (χ1v) is 38.2. The van der Waals surface area contributed by atoms with Crippen molar-refractivity contribution in [3.8, 4) is 0 Å². The second kappa shape index (κ2) is 57.8. The van der Waals surface area contributed by atoms with E-state index in [4.69, 9.17) is 28.4 Å². The maximum atomic E-state index is 13.4. The maximum absolute atomic E-state index is 13.4. The van der Waals surface area contributed by atoms with Crippen molar-refractivity contribution in [3.05, 3.63) is 72.9 Å². The van der Waals surface area contributed by atoms with Gasteiger partial charge in [-0.15, -0.1) is 0 Å². The Kier molecular flexibility index (Phi) is 52.7. The molecule has 1 amide bonds. The molecule has 0 aromatic carbocycles. The summed E-state index contributed by atoms with van der Waals surface area (Å²) >= 11 is 0. The highest BCUT2D eigenvalue weighted by Gasteiger charge is 2.53. The number of amides is 1. The molecule has 19 heteroatoms. The number of carbonyl (C=O) groups excluding carboxylic acids is 1. The van der Waals surface area contributed by atoms with E-state index in [1.54, 1.807) is 6.08 Å². The minimum absolute atomic E-state index is 0.230. The number of hydrogen-bond acceptors (Lipinski definition) is 18. The quantitative estimate of drug-likeness (QED) is 0.0199. The largest absolute Gasteiger partial charge is 0.394 e. The van der Waals surface area contributed by atoms with Crippen LogP contribution >= 0.6 is 0 Å². The van der Waals surface area contributed by atoms with E-state index in [-0.39, 0.29) is 18.9 Å². The van der Waals surface area contributed by atoms with Gasteiger partial charge in [-0.25, -0.2) is 0 Å². The van der Waals surface area contributed by atoms with E-state index in [1.807, 2.05) is 6.08 Å². The van der Waals surface area contributed by atoms with Gasteiger partial charge in [0.05, 0.1) is 38.6 Å². The van der Waals surface area contributed by atoms with Crippen molar-refractivity contribution in [2.75, 3.05) is 26.4 Å². The Morgan fingerprint density at radius 3 is 1.17 bits per heavy atom. The first-order valence-electron chi connectivity index (χ1n) is 38.2. The summed E-state index contributed by atoms with van der Waals surface area (Å²) in [7, 11) is 0. The minimum Gasteiger partial charge on any atom is -0.394 e. The molecule has 558 valence electrons. The molecule has 0 spiro atoms. The van der Waals surface area contributed by atoms with E-state index in [0.29, 0.717) is 12.8 Å². The Balaban J connectivity index is 1.42. The Labute approximate surface area is 578 Å². The molecule has 0 bridgehead atoms. The number of hydrogen-bond donors (Lipinski definition) is 12. The van der Waals surface area contributed by atoms with E-state index in [1.165, 1.54) is 167 Å². The van der Waals surface area contributed by atoms with E-state index < -0.39 is 124 Å². The van der Waals surface area contributed by atoms with Gasteiger partial charge in [0.2, 0.25) is 5.91 Å². The van der Waals surface area contributed by atoms with E-state index in [9.17, 15) is 61.0 Å². The predicted molar refractivity (Wildman–Crippen MR) is 378 cm³/mol. The van der Waals surface area contributed by atoms with Crippen LogP contribution in [0.25, 0.3) is 0 Å². The lowest BCUT2D eigenvalue weighted by atomic mass is 9.96. The van der Waals surface area contributed by atoms with Gasteiger partial charge in [0.1, 0.15) is 73.2 Å². The second-order valence-corrected chi connectivity index (χ2v) is 27.1. The third kappa shape index (κ3) is 38.3. The highest BCUT2D eigenvalue weighted by Crippen LogP contribution is 2.33. The van der Waals surface area contributed by atoms with Crippen LogP contribution in [0, 0.1) is 0 Å². The number of carbonyl (C=O) groups is 1. The van der Waals surface area contributed by atoms with E-state index >= 15 is 0 Å². The maximum Gasteiger partial charge on any atom is 0.220 e. The van der Waals surface area contributed by atoms with Crippen LogP contribution in [0.4, 0.5) is 0 Å². The van der Waals surface area contributed by atoms with Gasteiger partial charge in [-0.1, -0.05) is 273 Å². The number of unbranched alkanes of at least 4 members (excludes halogenated alkanes) is 33. The van der Waals surface area contributed by atoms with Gasteiger partial charge in [-0.2, -0.15) is 0 Å². The van der Waals surface area contributed by atoms with Crippen molar-refractivity contribution in [3.63, 3.8) is 0 Å². The number of allylic oxidation sites excluding steroid dienone is 11. The first kappa shape index (κ1) is 87.4. The molecule has 19 nitrogen and oxygen atoms in total. The molecule has 0 aromatic rings. The van der Waals surface area contributed by atoms with Gasteiger partial charge in [0.25, 0.3) is 0 Å². The molecule has 17 atom stereocenters. The molecule has 0 radical (unpaired) electrons. The van der Waals surface area contributed by atoms with Crippen LogP contribution in [0.2, 0.25) is 0 Å². The van der Waals surface area contributed by atoms with Crippen LogP contribution < -0.4 is 5.32 Å². The molecule has 0 aliphatic carbocycles. The molecular formula is C77H137NO18.